The number of anilines is 1. The summed E-state index contributed by atoms with van der Waals surface area (Å²) in [4.78, 5) is 11.3. The molecule has 0 aromatic heterocycles. The zero-order chi connectivity index (χ0) is 12.0. The maximum absolute atomic E-state index is 11.3. The first-order chi connectivity index (χ1) is 7.69. The van der Waals surface area contributed by atoms with Crippen LogP contribution >= 0.6 is 12.6 Å². The Morgan fingerprint density at radius 2 is 2.31 bits per heavy atom. The monoisotopic (exact) mass is 235 g/mol. The average molecular weight is 235 g/mol. The lowest BCUT2D eigenvalue weighted by Crippen LogP contribution is -2.05. The Bertz CT molecular complexity index is 446. The summed E-state index contributed by atoms with van der Waals surface area (Å²) in [5.74, 6) is 6.17. The predicted molar refractivity (Wildman–Crippen MR) is 67.5 cm³/mol. The van der Waals surface area contributed by atoms with E-state index in [1.54, 1.807) is 18.2 Å². The Hall–Kier alpha value is -1.60. The van der Waals surface area contributed by atoms with Gasteiger partial charge in [-0.15, -0.1) is 0 Å². The summed E-state index contributed by atoms with van der Waals surface area (Å²) >= 11 is 4.05. The summed E-state index contributed by atoms with van der Waals surface area (Å²) in [7, 11) is 1.32. The highest BCUT2D eigenvalue weighted by Gasteiger charge is 2.08. The minimum atomic E-state index is -0.438. The van der Waals surface area contributed by atoms with Gasteiger partial charge in [0, 0.05) is 23.4 Å². The number of carbonyl (C=O) groups excluding carboxylic acids is 1. The highest BCUT2D eigenvalue weighted by molar-refractivity contribution is 7.80. The van der Waals surface area contributed by atoms with E-state index < -0.39 is 5.97 Å². The van der Waals surface area contributed by atoms with Gasteiger partial charge in [-0.3, -0.25) is 0 Å². The number of hydrogen-bond acceptors (Lipinski definition) is 4. The van der Waals surface area contributed by atoms with Crippen LogP contribution in [-0.2, 0) is 4.74 Å². The fourth-order valence-electron chi connectivity index (χ4n) is 1.16. The normalized spacial score (nSPS) is 9.12. The van der Waals surface area contributed by atoms with Crippen molar-refractivity contribution in [3.63, 3.8) is 0 Å². The third kappa shape index (κ3) is 3.21. The standard InChI is InChI=1S/C12H13NO2S/c1-15-12(14)10-6-5-9(8-11(10)13)4-2-3-7-16/h5-6,8,16H,3,7,13H2,1H3. The van der Waals surface area contributed by atoms with Gasteiger partial charge < -0.3 is 10.5 Å². The number of benzene rings is 1. The number of nitrogen functional groups attached to an aromatic ring is 1. The molecule has 0 saturated carbocycles. The molecule has 84 valence electrons. The van der Waals surface area contributed by atoms with E-state index in [4.69, 9.17) is 5.73 Å². The van der Waals surface area contributed by atoms with E-state index in [0.717, 1.165) is 17.7 Å². The highest BCUT2D eigenvalue weighted by Crippen LogP contribution is 2.14. The van der Waals surface area contributed by atoms with Gasteiger partial charge in [-0.2, -0.15) is 12.6 Å². The SMILES string of the molecule is COC(=O)c1ccc(C#CCCS)cc1N. The summed E-state index contributed by atoms with van der Waals surface area (Å²) in [5.41, 5.74) is 7.24. The number of thiol groups is 1. The molecular weight excluding hydrogens is 222 g/mol. The quantitative estimate of drug-likeness (QED) is 0.355. The molecule has 0 fully saturated rings. The zero-order valence-electron chi connectivity index (χ0n) is 8.99. The molecule has 0 saturated heterocycles. The summed E-state index contributed by atoms with van der Waals surface area (Å²) in [6, 6.07) is 5.03. The van der Waals surface area contributed by atoms with E-state index in [-0.39, 0.29) is 0 Å². The van der Waals surface area contributed by atoms with Gasteiger partial charge in [0.05, 0.1) is 12.7 Å². The van der Waals surface area contributed by atoms with E-state index in [1.807, 2.05) is 0 Å². The van der Waals surface area contributed by atoms with Gasteiger partial charge in [0.1, 0.15) is 0 Å². The molecule has 2 N–H and O–H groups in total. The first-order valence-corrected chi connectivity index (χ1v) is 5.40. The molecule has 0 atom stereocenters. The van der Waals surface area contributed by atoms with E-state index in [9.17, 15) is 4.79 Å². The number of ether oxygens (including phenoxy) is 1. The predicted octanol–water partition coefficient (Wildman–Crippen LogP) is 1.73. The maximum atomic E-state index is 11.3. The molecule has 1 aromatic carbocycles. The molecule has 0 heterocycles. The smallest absolute Gasteiger partial charge is 0.339 e. The van der Waals surface area contributed by atoms with E-state index in [1.165, 1.54) is 7.11 Å². The van der Waals surface area contributed by atoms with Crippen molar-refractivity contribution in [1.29, 1.82) is 0 Å². The van der Waals surface area contributed by atoms with Gasteiger partial charge in [0.2, 0.25) is 0 Å². The molecule has 4 heteroatoms. The van der Waals surface area contributed by atoms with Gasteiger partial charge in [0.15, 0.2) is 0 Å². The molecule has 0 unspecified atom stereocenters. The lowest BCUT2D eigenvalue weighted by Gasteiger charge is -2.03. The van der Waals surface area contributed by atoms with E-state index >= 15 is 0 Å². The molecule has 0 radical (unpaired) electrons. The molecule has 0 aliphatic carbocycles. The van der Waals surface area contributed by atoms with Crippen LogP contribution in [0.1, 0.15) is 22.3 Å². The van der Waals surface area contributed by atoms with Crippen molar-refractivity contribution in [3.05, 3.63) is 29.3 Å². The molecule has 1 rings (SSSR count). The first kappa shape index (κ1) is 12.5. The second kappa shape index (κ2) is 6.09. The number of nitrogens with two attached hydrogens (primary N) is 1. The van der Waals surface area contributed by atoms with Crippen molar-refractivity contribution in [2.24, 2.45) is 0 Å². The Labute approximate surface area is 100 Å². The van der Waals surface area contributed by atoms with E-state index in [2.05, 4.69) is 29.2 Å². The van der Waals surface area contributed by atoms with Crippen molar-refractivity contribution < 1.29 is 9.53 Å². The second-order valence-corrected chi connectivity index (χ2v) is 3.52. The zero-order valence-corrected chi connectivity index (χ0v) is 9.88. The molecular formula is C12H13NO2S. The van der Waals surface area contributed by atoms with Gasteiger partial charge in [-0.25, -0.2) is 4.79 Å². The lowest BCUT2D eigenvalue weighted by molar-refractivity contribution is 0.0602. The van der Waals surface area contributed by atoms with Crippen LogP contribution < -0.4 is 5.73 Å². The first-order valence-electron chi connectivity index (χ1n) is 4.76. The third-order valence-corrected chi connectivity index (χ3v) is 2.15. The van der Waals surface area contributed by atoms with Crippen LogP contribution in [0.3, 0.4) is 0 Å². The van der Waals surface area contributed by atoms with Gasteiger partial charge in [-0.05, 0) is 18.2 Å². The van der Waals surface area contributed by atoms with Gasteiger partial charge in [0.25, 0.3) is 0 Å². The average Bonchev–Trinajstić information content (AvgIpc) is 2.29. The minimum Gasteiger partial charge on any atom is -0.465 e. The molecule has 3 nitrogen and oxygen atoms in total. The molecule has 1 aromatic rings. The fourth-order valence-corrected chi connectivity index (χ4v) is 1.27. The number of hydrogen-bond donors (Lipinski definition) is 2. The molecule has 0 aliphatic heterocycles. The third-order valence-electron chi connectivity index (χ3n) is 1.93. The molecule has 0 aliphatic rings. The summed E-state index contributed by atoms with van der Waals surface area (Å²) < 4.78 is 4.59. The number of methoxy groups -OCH3 is 1. The van der Waals surface area contributed by atoms with Gasteiger partial charge >= 0.3 is 5.97 Å². The fraction of sp³-hybridized carbons (Fsp3) is 0.250. The topological polar surface area (TPSA) is 52.3 Å². The van der Waals surface area contributed by atoms with E-state index in [0.29, 0.717) is 11.3 Å². The van der Waals surface area contributed by atoms with Crippen molar-refractivity contribution in [2.45, 2.75) is 6.42 Å². The van der Waals surface area contributed by atoms with Crippen LogP contribution in [-0.4, -0.2) is 18.8 Å². The Kier molecular flexibility index (Phi) is 4.74. The van der Waals surface area contributed by atoms with Crippen LogP contribution in [0.15, 0.2) is 18.2 Å². The van der Waals surface area contributed by atoms with Crippen molar-refractivity contribution in [2.75, 3.05) is 18.6 Å². The minimum absolute atomic E-state index is 0.363. The molecule has 0 bridgehead atoms. The Morgan fingerprint density at radius 3 is 2.88 bits per heavy atom. The lowest BCUT2D eigenvalue weighted by atomic mass is 10.1. The molecule has 16 heavy (non-hydrogen) atoms. The highest BCUT2D eigenvalue weighted by atomic mass is 32.1. The number of esters is 1. The van der Waals surface area contributed by atoms with Crippen LogP contribution in [0.25, 0.3) is 0 Å². The molecule has 0 spiro atoms. The Morgan fingerprint density at radius 1 is 1.56 bits per heavy atom. The Balaban J connectivity index is 2.92. The van der Waals surface area contributed by atoms with Crippen molar-refractivity contribution in [1.82, 2.24) is 0 Å². The maximum Gasteiger partial charge on any atom is 0.339 e. The summed E-state index contributed by atoms with van der Waals surface area (Å²) in [5, 5.41) is 0. The molecule has 0 amide bonds. The number of rotatable bonds is 2. The van der Waals surface area contributed by atoms with Gasteiger partial charge in [-0.1, -0.05) is 11.8 Å². The van der Waals surface area contributed by atoms with Crippen LogP contribution in [0.4, 0.5) is 5.69 Å². The van der Waals surface area contributed by atoms with Crippen molar-refractivity contribution >= 4 is 24.3 Å². The van der Waals surface area contributed by atoms with Crippen LogP contribution in [0, 0.1) is 11.8 Å². The summed E-state index contributed by atoms with van der Waals surface area (Å²) in [6.07, 6.45) is 0.724. The summed E-state index contributed by atoms with van der Waals surface area (Å²) in [6.45, 7) is 0. The number of carbonyl (C=O) groups is 1. The van der Waals surface area contributed by atoms with Crippen molar-refractivity contribution in [3.8, 4) is 11.8 Å². The van der Waals surface area contributed by atoms with Crippen LogP contribution in [0.5, 0.6) is 0 Å². The largest absolute Gasteiger partial charge is 0.465 e. The van der Waals surface area contributed by atoms with Crippen LogP contribution in [0.2, 0.25) is 0 Å². The second-order valence-electron chi connectivity index (χ2n) is 3.07.